The zero-order chi connectivity index (χ0) is 46.2. The standard InChI is InChI=1S/C49H56ClN7O7S2/c1-49(2)19-15-37(44(30-49)34-5-8-38(50)9-6-34)32-55-21-23-56(24-22-55)40-12-14-43(46(28-40)64-41-27-36-16-20-51-47(36)52-31-41)48(58)54-66(62,63)42-13-7-35(45(29-42)57(59)60)4-3-33-17-25-65(61,26-18-33)53-39-10-11-39/h5-9,12-14,16,20,27-29,31,33,39H,3-4,10-11,15,17-19,21-26,30,32H2,1-2H3,(H,51,52)(H,54,58). The van der Waals surface area contributed by atoms with E-state index in [0.29, 0.717) is 41.3 Å². The monoisotopic (exact) mass is 953 g/mol. The van der Waals surface area contributed by atoms with Crippen molar-refractivity contribution in [1.29, 1.82) is 0 Å². The summed E-state index contributed by atoms with van der Waals surface area (Å²) in [4.78, 5) is 37.5. The van der Waals surface area contributed by atoms with Gasteiger partial charge in [-0.05, 0) is 123 Å². The third-order valence-corrected chi connectivity index (χ3v) is 17.5. The second-order valence-electron chi connectivity index (χ2n) is 19.0. The molecule has 0 spiro atoms. The second-order valence-corrected chi connectivity index (χ2v) is 23.7. The van der Waals surface area contributed by atoms with Crippen LogP contribution in [0.5, 0.6) is 11.5 Å². The van der Waals surface area contributed by atoms with Crippen LogP contribution < -0.4 is 14.4 Å². The predicted octanol–water partition coefficient (Wildman–Crippen LogP) is 9.79. The van der Waals surface area contributed by atoms with Crippen molar-refractivity contribution in [2.45, 2.75) is 82.6 Å². The number of anilines is 1. The lowest BCUT2D eigenvalue weighted by atomic mass is 9.72. The number of H-pyrrole nitrogens is 1. The molecule has 0 unspecified atom stereocenters. The molecule has 5 aromatic rings. The maximum absolute atomic E-state index is 14.0. The first kappa shape index (κ1) is 45.8. The van der Waals surface area contributed by atoms with E-state index in [0.717, 1.165) is 99.8 Å². The fraction of sp³-hybridized carbons (Fsp3) is 0.429. The summed E-state index contributed by atoms with van der Waals surface area (Å²) in [6, 6.07) is 20.9. The lowest BCUT2D eigenvalue weighted by molar-refractivity contribution is -0.385. The van der Waals surface area contributed by atoms with Crippen molar-refractivity contribution in [2.75, 3.05) is 49.1 Å². The molecule has 2 aliphatic heterocycles. The van der Waals surface area contributed by atoms with E-state index < -0.39 is 35.5 Å². The number of hydrogen-bond acceptors (Lipinski definition) is 11. The van der Waals surface area contributed by atoms with Crippen LogP contribution in [0.4, 0.5) is 11.4 Å². The highest BCUT2D eigenvalue weighted by Crippen LogP contribution is 2.44. The summed E-state index contributed by atoms with van der Waals surface area (Å²) >= 11 is 6.25. The molecule has 2 N–H and O–H groups in total. The molecule has 0 bridgehead atoms. The first-order valence-electron chi connectivity index (χ1n) is 22.8. The van der Waals surface area contributed by atoms with Crippen molar-refractivity contribution in [2.24, 2.45) is 15.7 Å². The summed E-state index contributed by atoms with van der Waals surface area (Å²) in [5.41, 5.74) is 5.81. The van der Waals surface area contributed by atoms with Gasteiger partial charge in [-0.3, -0.25) is 19.8 Å². The fourth-order valence-corrected chi connectivity index (χ4v) is 13.1. The molecule has 2 aromatic heterocycles. The van der Waals surface area contributed by atoms with E-state index in [4.69, 9.17) is 16.3 Å². The highest BCUT2D eigenvalue weighted by atomic mass is 35.5. The van der Waals surface area contributed by atoms with Crippen molar-refractivity contribution < 1.29 is 27.1 Å². The summed E-state index contributed by atoms with van der Waals surface area (Å²) in [5.74, 6) is 0.863. The number of nitrogens with one attached hydrogen (secondary N) is 2. The third kappa shape index (κ3) is 10.8. The van der Waals surface area contributed by atoms with Gasteiger partial charge in [-0.1, -0.05) is 49.2 Å². The number of aromatic nitrogens is 2. The predicted molar refractivity (Wildman–Crippen MR) is 259 cm³/mol. The summed E-state index contributed by atoms with van der Waals surface area (Å²) in [6.45, 7) is 8.62. The molecule has 4 heterocycles. The average Bonchev–Trinajstić information content (AvgIpc) is 3.98. The number of hydrogen-bond donors (Lipinski definition) is 2. The number of ether oxygens (including phenoxy) is 1. The molecule has 0 radical (unpaired) electrons. The highest BCUT2D eigenvalue weighted by Gasteiger charge is 2.32. The van der Waals surface area contributed by atoms with Gasteiger partial charge in [0.05, 0.1) is 27.6 Å². The smallest absolute Gasteiger partial charge is 0.273 e. The van der Waals surface area contributed by atoms with E-state index in [1.165, 1.54) is 35.0 Å². The van der Waals surface area contributed by atoms with Crippen molar-refractivity contribution in [1.82, 2.24) is 19.6 Å². The SMILES string of the molecule is CC1(C)CCC(CN2CCN(c3ccc(C(=O)NS(=O)(=O)c4ccc(CCC5CCS(=O)(=NC6CC6)CC5)c([N+](=O)[O-])c4)c(Oc4cnc5[nH]ccc5c4)c3)CC2)=C(c2ccc(Cl)cc2)C1. The van der Waals surface area contributed by atoms with Crippen molar-refractivity contribution >= 4 is 65.2 Å². The zero-order valence-corrected chi connectivity index (χ0v) is 39.7. The number of fused-ring (bicyclic) bond motifs is 1. The maximum Gasteiger partial charge on any atom is 0.273 e. The van der Waals surface area contributed by atoms with Crippen LogP contribution in [0.1, 0.15) is 86.7 Å². The lowest BCUT2D eigenvalue weighted by Gasteiger charge is -2.39. The molecular weight excluding hydrogens is 898 g/mol. The number of amides is 1. The molecule has 66 heavy (non-hydrogen) atoms. The first-order chi connectivity index (χ1) is 31.6. The van der Waals surface area contributed by atoms with Gasteiger partial charge in [-0.2, -0.15) is 0 Å². The van der Waals surface area contributed by atoms with E-state index in [2.05, 4.69) is 54.8 Å². The Labute approximate surface area is 391 Å². The minimum absolute atomic E-state index is 0.0375. The molecule has 14 nitrogen and oxygen atoms in total. The number of nitro benzene ring substituents is 1. The van der Waals surface area contributed by atoms with Gasteiger partial charge in [-0.25, -0.2) is 26.7 Å². The van der Waals surface area contributed by atoms with Crippen molar-refractivity contribution in [3.05, 3.63) is 123 Å². The summed E-state index contributed by atoms with van der Waals surface area (Å²) < 4.78 is 53.7. The quantitative estimate of drug-likeness (QED) is 0.0804. The molecule has 1 saturated carbocycles. The van der Waals surface area contributed by atoms with Crippen molar-refractivity contribution in [3.63, 3.8) is 0 Å². The Bertz CT molecular complexity index is 2920. The molecular formula is C49H56ClN7O7S2. The van der Waals surface area contributed by atoms with Crippen LogP contribution in [0.2, 0.25) is 5.02 Å². The molecule has 2 saturated heterocycles. The minimum atomic E-state index is -4.57. The van der Waals surface area contributed by atoms with E-state index >= 15 is 0 Å². The number of pyridine rings is 1. The Kier molecular flexibility index (Phi) is 13.0. The normalized spacial score (nSPS) is 21.4. The van der Waals surface area contributed by atoms with Crippen LogP contribution in [-0.2, 0) is 26.2 Å². The van der Waals surface area contributed by atoms with Crippen LogP contribution in [-0.4, -0.2) is 88.6 Å². The maximum atomic E-state index is 14.0. The number of aromatic amines is 1. The van der Waals surface area contributed by atoms with Gasteiger partial charge in [0.1, 0.15) is 17.1 Å². The number of nitrogens with zero attached hydrogens (tertiary/aromatic N) is 5. The number of halogens is 1. The number of carbonyl (C=O) groups is 1. The zero-order valence-electron chi connectivity index (χ0n) is 37.3. The number of carbonyl (C=O) groups excluding carboxylic acids is 1. The molecule has 4 aliphatic rings. The number of sulfonamides is 1. The highest BCUT2D eigenvalue weighted by molar-refractivity contribution is 7.93. The summed E-state index contributed by atoms with van der Waals surface area (Å²) in [6.07, 6.45) is 11.0. The second kappa shape index (κ2) is 18.8. The van der Waals surface area contributed by atoms with Crippen molar-refractivity contribution in [3.8, 4) is 11.5 Å². The number of piperazine rings is 1. The summed E-state index contributed by atoms with van der Waals surface area (Å²) in [5, 5.41) is 13.8. The molecule has 3 aromatic carbocycles. The van der Waals surface area contributed by atoms with Gasteiger partial charge in [0.15, 0.2) is 0 Å². The Balaban J connectivity index is 0.903. The number of benzene rings is 3. The topological polar surface area (TPSA) is 180 Å². The van der Waals surface area contributed by atoms with E-state index in [1.54, 1.807) is 30.5 Å². The first-order valence-corrected chi connectivity index (χ1v) is 26.6. The van der Waals surface area contributed by atoms with E-state index in [9.17, 15) is 27.5 Å². The van der Waals surface area contributed by atoms with Gasteiger partial charge in [-0.15, -0.1) is 0 Å². The Morgan fingerprint density at radius 3 is 2.50 bits per heavy atom. The lowest BCUT2D eigenvalue weighted by Crippen LogP contribution is -2.47. The van der Waals surface area contributed by atoms with Crippen LogP contribution in [0.3, 0.4) is 0 Å². The fourth-order valence-electron chi connectivity index (χ4n) is 9.46. The van der Waals surface area contributed by atoms with E-state index in [1.807, 2.05) is 18.2 Å². The largest absolute Gasteiger partial charge is 0.455 e. The number of allylic oxidation sites excluding steroid dienone is 1. The molecule has 3 fully saturated rings. The molecule has 17 heteroatoms. The number of aryl methyl sites for hydroxylation is 1. The molecule has 0 atom stereocenters. The minimum Gasteiger partial charge on any atom is -0.455 e. The Hall–Kier alpha value is -5.29. The van der Waals surface area contributed by atoms with Gasteiger partial charge >= 0.3 is 0 Å². The number of nitro groups is 1. The van der Waals surface area contributed by atoms with Gasteiger partial charge in [0.25, 0.3) is 21.6 Å². The van der Waals surface area contributed by atoms with Crippen LogP contribution >= 0.6 is 11.6 Å². The number of rotatable bonds is 14. The van der Waals surface area contributed by atoms with Gasteiger partial charge < -0.3 is 14.6 Å². The Morgan fingerprint density at radius 2 is 1.77 bits per heavy atom. The van der Waals surface area contributed by atoms with E-state index in [-0.39, 0.29) is 34.4 Å². The average molecular weight is 955 g/mol. The van der Waals surface area contributed by atoms with Crippen LogP contribution in [0, 0.1) is 21.4 Å². The molecule has 2 aliphatic carbocycles. The van der Waals surface area contributed by atoms with Crippen LogP contribution in [0.15, 0.2) is 100 Å². The Morgan fingerprint density at radius 1 is 1.02 bits per heavy atom. The molecule has 348 valence electrons. The third-order valence-electron chi connectivity index (χ3n) is 13.5. The van der Waals surface area contributed by atoms with Gasteiger partial charge in [0.2, 0.25) is 0 Å². The molecule has 9 rings (SSSR count). The molecule has 1 amide bonds. The summed E-state index contributed by atoms with van der Waals surface area (Å²) in [7, 11) is -6.74. The van der Waals surface area contributed by atoms with Gasteiger partial charge in [0, 0.05) is 93.9 Å². The van der Waals surface area contributed by atoms with Crippen LogP contribution in [0.25, 0.3) is 16.6 Å².